The molecule has 2 amide bonds. The van der Waals surface area contributed by atoms with Crippen LogP contribution in [0.15, 0.2) is 97.1 Å². The summed E-state index contributed by atoms with van der Waals surface area (Å²) in [7, 11) is 0. The van der Waals surface area contributed by atoms with Gasteiger partial charge in [0.05, 0.1) is 6.04 Å². The molecule has 40 heavy (non-hydrogen) atoms. The monoisotopic (exact) mass is 538 g/mol. The molecule has 0 N–H and O–H groups in total. The molecule has 1 atom stereocenters. The maximum atomic E-state index is 13.5. The highest BCUT2D eigenvalue weighted by molar-refractivity contribution is 5.98. The molecular weight excluding hydrogens is 504 g/mol. The fraction of sp³-hybridized carbons (Fsp3) is 0.273. The minimum absolute atomic E-state index is 0.0757. The molecule has 4 aromatic carbocycles. The Hall–Kier alpha value is -4.52. The van der Waals surface area contributed by atoms with Gasteiger partial charge in [0, 0.05) is 12.2 Å². The molecule has 1 heterocycles. The average molecular weight is 539 g/mol. The zero-order valence-electron chi connectivity index (χ0n) is 23.1. The average Bonchev–Trinajstić information content (AvgIpc) is 2.94. The topological polar surface area (TPSA) is 68.3 Å². The molecule has 5 rings (SSSR count). The standard InChI is InChI=1S/C33H34N2O5/c1-33(2,3)40-32(37)34-20-28(23-39-30-16-13-25-11-7-8-12-26(25)19-30)35(31(36)21-34)27-14-17-29(18-15-27)38-22-24-9-5-4-6-10-24/h4-19,28H,20-23H2,1-3H3/t28-/m1/s1. The van der Waals surface area contributed by atoms with Crippen LogP contribution in [0, 0.1) is 0 Å². The van der Waals surface area contributed by atoms with Gasteiger partial charge < -0.3 is 19.1 Å². The quantitative estimate of drug-likeness (QED) is 0.271. The van der Waals surface area contributed by atoms with Crippen molar-refractivity contribution in [3.05, 3.63) is 103 Å². The number of carbonyl (C=O) groups is 2. The van der Waals surface area contributed by atoms with Gasteiger partial charge in [-0.1, -0.05) is 60.7 Å². The molecule has 0 aliphatic carbocycles. The van der Waals surface area contributed by atoms with E-state index in [0.717, 1.165) is 16.3 Å². The summed E-state index contributed by atoms with van der Waals surface area (Å²) in [4.78, 5) is 29.5. The Labute approximate surface area is 234 Å². The van der Waals surface area contributed by atoms with E-state index >= 15 is 0 Å². The van der Waals surface area contributed by atoms with Gasteiger partial charge in [-0.2, -0.15) is 0 Å². The first-order valence-corrected chi connectivity index (χ1v) is 13.4. The van der Waals surface area contributed by atoms with Crippen molar-refractivity contribution in [3.8, 4) is 11.5 Å². The Bertz CT molecular complexity index is 1460. The number of ether oxygens (including phenoxy) is 3. The van der Waals surface area contributed by atoms with Gasteiger partial charge in [-0.15, -0.1) is 0 Å². The molecule has 206 valence electrons. The lowest BCUT2D eigenvalue weighted by Crippen LogP contribution is -2.60. The van der Waals surface area contributed by atoms with Gasteiger partial charge in [0.15, 0.2) is 0 Å². The van der Waals surface area contributed by atoms with Crippen molar-refractivity contribution in [2.75, 3.05) is 24.6 Å². The van der Waals surface area contributed by atoms with Crippen LogP contribution in [0.1, 0.15) is 26.3 Å². The minimum atomic E-state index is -0.663. The van der Waals surface area contributed by atoms with Crippen molar-refractivity contribution in [1.29, 1.82) is 0 Å². The maximum absolute atomic E-state index is 13.5. The van der Waals surface area contributed by atoms with Crippen molar-refractivity contribution in [3.63, 3.8) is 0 Å². The minimum Gasteiger partial charge on any atom is -0.491 e. The van der Waals surface area contributed by atoms with E-state index in [1.807, 2.05) is 118 Å². The van der Waals surface area contributed by atoms with Crippen molar-refractivity contribution in [1.82, 2.24) is 4.90 Å². The molecule has 4 aromatic rings. The molecule has 1 aliphatic heterocycles. The number of hydrogen-bond acceptors (Lipinski definition) is 5. The Kier molecular flexibility index (Phi) is 7.91. The summed E-state index contributed by atoms with van der Waals surface area (Å²) in [5, 5.41) is 2.19. The summed E-state index contributed by atoms with van der Waals surface area (Å²) in [5.41, 5.74) is 1.13. The number of rotatable bonds is 7. The van der Waals surface area contributed by atoms with E-state index in [-0.39, 0.29) is 25.6 Å². The van der Waals surface area contributed by atoms with Crippen LogP contribution in [0.5, 0.6) is 11.5 Å². The molecule has 7 heteroatoms. The zero-order chi connectivity index (χ0) is 28.1. The molecule has 0 saturated carbocycles. The van der Waals surface area contributed by atoms with Gasteiger partial charge in [0.25, 0.3) is 0 Å². The summed E-state index contributed by atoms with van der Waals surface area (Å²) in [5.74, 6) is 1.20. The Morgan fingerprint density at radius 2 is 1.50 bits per heavy atom. The second kappa shape index (κ2) is 11.7. The highest BCUT2D eigenvalue weighted by Crippen LogP contribution is 2.27. The third-order valence-electron chi connectivity index (χ3n) is 6.57. The second-order valence-electron chi connectivity index (χ2n) is 10.9. The van der Waals surface area contributed by atoms with Crippen LogP contribution >= 0.6 is 0 Å². The van der Waals surface area contributed by atoms with Gasteiger partial charge in [-0.05, 0) is 73.5 Å². The van der Waals surface area contributed by atoms with Gasteiger partial charge in [0.2, 0.25) is 5.91 Å². The molecule has 1 saturated heterocycles. The van der Waals surface area contributed by atoms with E-state index in [1.54, 1.807) is 4.90 Å². The first-order valence-electron chi connectivity index (χ1n) is 13.4. The molecule has 0 radical (unpaired) electrons. The van der Waals surface area contributed by atoms with E-state index < -0.39 is 17.7 Å². The highest BCUT2D eigenvalue weighted by atomic mass is 16.6. The number of carbonyl (C=O) groups excluding carboxylic acids is 2. The summed E-state index contributed by atoms with van der Waals surface area (Å²) >= 11 is 0. The zero-order valence-corrected chi connectivity index (χ0v) is 23.1. The first-order chi connectivity index (χ1) is 19.2. The number of anilines is 1. The lowest BCUT2D eigenvalue weighted by atomic mass is 10.1. The smallest absolute Gasteiger partial charge is 0.410 e. The lowest BCUT2D eigenvalue weighted by molar-refractivity contribution is -0.122. The predicted molar refractivity (Wildman–Crippen MR) is 156 cm³/mol. The van der Waals surface area contributed by atoms with Crippen molar-refractivity contribution >= 4 is 28.5 Å². The van der Waals surface area contributed by atoms with Gasteiger partial charge in [0.1, 0.15) is 36.9 Å². The van der Waals surface area contributed by atoms with Crippen LogP contribution in [0.4, 0.5) is 10.5 Å². The number of nitrogens with zero attached hydrogens (tertiary/aromatic N) is 2. The Morgan fingerprint density at radius 3 is 2.23 bits per heavy atom. The molecule has 0 aromatic heterocycles. The predicted octanol–water partition coefficient (Wildman–Crippen LogP) is 6.45. The molecular formula is C33H34N2O5. The third kappa shape index (κ3) is 6.72. The van der Waals surface area contributed by atoms with Crippen molar-refractivity contribution in [2.24, 2.45) is 0 Å². The van der Waals surface area contributed by atoms with Crippen molar-refractivity contribution < 1.29 is 23.8 Å². The molecule has 0 bridgehead atoms. The summed E-state index contributed by atoms with van der Waals surface area (Å²) in [6.45, 7) is 6.29. The summed E-state index contributed by atoms with van der Waals surface area (Å²) < 4.78 is 17.7. The highest BCUT2D eigenvalue weighted by Gasteiger charge is 2.37. The number of amides is 2. The third-order valence-corrected chi connectivity index (χ3v) is 6.57. The molecule has 7 nitrogen and oxygen atoms in total. The van der Waals surface area contributed by atoms with E-state index in [4.69, 9.17) is 14.2 Å². The maximum Gasteiger partial charge on any atom is 0.410 e. The fourth-order valence-electron chi connectivity index (χ4n) is 4.68. The number of benzene rings is 4. The van der Waals surface area contributed by atoms with E-state index in [9.17, 15) is 9.59 Å². The fourth-order valence-corrected chi connectivity index (χ4v) is 4.68. The van der Waals surface area contributed by atoms with Crippen molar-refractivity contribution in [2.45, 2.75) is 39.0 Å². The normalized spacial score (nSPS) is 15.7. The Balaban J connectivity index is 1.34. The van der Waals surface area contributed by atoms with Gasteiger partial charge in [-0.3, -0.25) is 9.69 Å². The number of fused-ring (bicyclic) bond motifs is 1. The van der Waals surface area contributed by atoms with Crippen LogP contribution in [-0.4, -0.2) is 48.2 Å². The van der Waals surface area contributed by atoms with Crippen LogP contribution in [-0.2, 0) is 16.1 Å². The molecule has 0 unspecified atom stereocenters. The molecule has 1 aliphatic rings. The lowest BCUT2D eigenvalue weighted by Gasteiger charge is -2.41. The Morgan fingerprint density at radius 1 is 0.825 bits per heavy atom. The van der Waals surface area contributed by atoms with Crippen LogP contribution in [0.2, 0.25) is 0 Å². The first kappa shape index (κ1) is 27.1. The summed E-state index contributed by atoms with van der Waals surface area (Å²) in [6.07, 6.45) is -0.513. The van der Waals surface area contributed by atoms with E-state index in [0.29, 0.717) is 23.8 Å². The van der Waals surface area contributed by atoms with E-state index in [1.165, 1.54) is 4.90 Å². The SMILES string of the molecule is CC(C)(C)OC(=O)N1CC(=O)N(c2ccc(OCc3ccccc3)cc2)[C@@H](COc2ccc3ccccc3c2)C1. The van der Waals surface area contributed by atoms with Gasteiger partial charge >= 0.3 is 6.09 Å². The number of hydrogen-bond donors (Lipinski definition) is 0. The number of piperazine rings is 1. The summed E-state index contributed by atoms with van der Waals surface area (Å²) in [6, 6.07) is 30.9. The largest absolute Gasteiger partial charge is 0.491 e. The molecule has 0 spiro atoms. The van der Waals surface area contributed by atoms with Crippen LogP contribution in [0.3, 0.4) is 0 Å². The van der Waals surface area contributed by atoms with Crippen LogP contribution < -0.4 is 14.4 Å². The van der Waals surface area contributed by atoms with E-state index in [2.05, 4.69) is 0 Å². The second-order valence-corrected chi connectivity index (χ2v) is 10.9. The van der Waals surface area contributed by atoms with Gasteiger partial charge in [-0.25, -0.2) is 4.79 Å². The van der Waals surface area contributed by atoms with Crippen LogP contribution in [0.25, 0.3) is 10.8 Å². The molecule has 1 fully saturated rings.